The zero-order valence-corrected chi connectivity index (χ0v) is 30.1. The van der Waals surface area contributed by atoms with E-state index in [-0.39, 0.29) is 0 Å². The highest BCUT2D eigenvalue weighted by atomic mass is 32.2. The van der Waals surface area contributed by atoms with Gasteiger partial charge in [-0.2, -0.15) is 0 Å². The van der Waals surface area contributed by atoms with Gasteiger partial charge in [0.15, 0.2) is 0 Å². The molecule has 6 aromatic carbocycles. The molecule has 0 saturated heterocycles. The number of aryl methyl sites for hydroxylation is 1. The summed E-state index contributed by atoms with van der Waals surface area (Å²) in [5.74, 6) is 0. The first-order chi connectivity index (χ1) is 23.7. The second kappa shape index (κ2) is 10.1. The second-order valence-electron chi connectivity index (χ2n) is 14.8. The molecule has 7 aromatic rings. The van der Waals surface area contributed by atoms with Gasteiger partial charge in [0, 0.05) is 54.9 Å². The molecule has 2 aliphatic rings. The number of fused-ring (bicyclic) bond motifs is 9. The molecule has 0 saturated carbocycles. The molecule has 9 rings (SSSR count). The summed E-state index contributed by atoms with van der Waals surface area (Å²) in [7, 11) is -7.18. The number of aromatic nitrogens is 1. The van der Waals surface area contributed by atoms with Crippen molar-refractivity contribution < 1.29 is 16.8 Å². The van der Waals surface area contributed by atoms with Crippen LogP contribution in [0.4, 0.5) is 0 Å². The number of hydrogen-bond acceptors (Lipinski definition) is 4. The zero-order chi connectivity index (χ0) is 35.0. The van der Waals surface area contributed by atoms with Gasteiger partial charge in [0.1, 0.15) is 0 Å². The average molecular weight is 694 g/mol. The Morgan fingerprint density at radius 2 is 0.840 bits per heavy atom. The minimum absolute atomic E-state index is 0.367. The third-order valence-electron chi connectivity index (χ3n) is 11.2. The normalized spacial score (nSPS) is 15.5. The van der Waals surface area contributed by atoms with E-state index in [2.05, 4.69) is 75.1 Å². The van der Waals surface area contributed by atoms with Crippen molar-refractivity contribution in [2.24, 2.45) is 0 Å². The van der Waals surface area contributed by atoms with Gasteiger partial charge in [-0.05, 0) is 71.1 Å². The fourth-order valence-electron chi connectivity index (χ4n) is 7.97. The van der Waals surface area contributed by atoms with Crippen LogP contribution in [0, 0.1) is 6.92 Å². The second-order valence-corrected chi connectivity index (χ2v) is 18.6. The zero-order valence-electron chi connectivity index (χ0n) is 28.4. The van der Waals surface area contributed by atoms with Crippen LogP contribution in [-0.2, 0) is 30.5 Å². The van der Waals surface area contributed by atoms with Crippen LogP contribution < -0.4 is 0 Å². The lowest BCUT2D eigenvalue weighted by molar-refractivity contribution is 0.595. The number of nitrogens with one attached hydrogen (secondary N) is 1. The number of rotatable bonds is 4. The Kier molecular flexibility index (Phi) is 6.24. The Morgan fingerprint density at radius 3 is 1.38 bits per heavy atom. The summed E-state index contributed by atoms with van der Waals surface area (Å²) in [5, 5.41) is 2.21. The molecule has 0 atom stereocenters. The quantitative estimate of drug-likeness (QED) is 0.199. The van der Waals surface area contributed by atoms with Crippen molar-refractivity contribution in [2.45, 2.75) is 65.0 Å². The molecule has 0 amide bonds. The van der Waals surface area contributed by atoms with Crippen LogP contribution in [0.3, 0.4) is 0 Å². The molecule has 3 heterocycles. The van der Waals surface area contributed by atoms with Crippen LogP contribution >= 0.6 is 0 Å². The van der Waals surface area contributed by atoms with E-state index in [1.54, 1.807) is 18.2 Å². The summed E-state index contributed by atoms with van der Waals surface area (Å²) >= 11 is 0. The maximum Gasteiger partial charge on any atom is 0.207 e. The van der Waals surface area contributed by atoms with Gasteiger partial charge in [0.05, 0.1) is 19.6 Å². The topological polar surface area (TPSA) is 84.1 Å². The molecule has 0 aliphatic carbocycles. The highest BCUT2D eigenvalue weighted by molar-refractivity contribution is 7.92. The number of sulfone groups is 2. The molecule has 0 spiro atoms. The van der Waals surface area contributed by atoms with E-state index in [1.165, 1.54) is 0 Å². The van der Waals surface area contributed by atoms with Crippen molar-refractivity contribution in [1.29, 1.82) is 0 Å². The molecule has 50 heavy (non-hydrogen) atoms. The molecule has 1 N–H and O–H groups in total. The van der Waals surface area contributed by atoms with Gasteiger partial charge < -0.3 is 4.98 Å². The van der Waals surface area contributed by atoms with Crippen LogP contribution in [0.15, 0.2) is 135 Å². The van der Waals surface area contributed by atoms with E-state index in [0.717, 1.165) is 71.9 Å². The first kappa shape index (κ1) is 31.0. The van der Waals surface area contributed by atoms with Crippen molar-refractivity contribution in [3.05, 3.63) is 143 Å². The van der Waals surface area contributed by atoms with E-state index in [9.17, 15) is 16.8 Å². The highest BCUT2D eigenvalue weighted by Crippen LogP contribution is 2.47. The Labute approximate surface area is 292 Å². The number of H-pyrrole nitrogens is 1. The molecule has 0 fully saturated rings. The summed E-state index contributed by atoms with van der Waals surface area (Å²) in [6.07, 6.45) is 0. The van der Waals surface area contributed by atoms with Gasteiger partial charge in [-0.15, -0.1) is 0 Å². The first-order valence-electron chi connectivity index (χ1n) is 16.8. The number of benzene rings is 6. The van der Waals surface area contributed by atoms with Gasteiger partial charge in [0.2, 0.25) is 19.7 Å². The van der Waals surface area contributed by atoms with Gasteiger partial charge in [0.25, 0.3) is 0 Å². The van der Waals surface area contributed by atoms with E-state index in [4.69, 9.17) is 0 Å². The highest BCUT2D eigenvalue weighted by Gasteiger charge is 2.36. The first-order valence-corrected chi connectivity index (χ1v) is 19.7. The third kappa shape index (κ3) is 4.17. The summed E-state index contributed by atoms with van der Waals surface area (Å²) in [5.41, 5.74) is 9.03. The summed E-state index contributed by atoms with van der Waals surface area (Å²) < 4.78 is 54.1. The SMILES string of the molecule is Cc1ccc2c(c1)S(=O)(=O)c1cc(C(C)(C)c3ccc4c(c3)[nH]c3cc(C(C)(C)c5ccc6c(c5)S(=O)(=O)c5ccccc5-6)ccc34)ccc1-2. The van der Waals surface area contributed by atoms with E-state index < -0.39 is 30.5 Å². The monoisotopic (exact) mass is 693 g/mol. The van der Waals surface area contributed by atoms with Crippen LogP contribution in [0.25, 0.3) is 44.1 Å². The average Bonchev–Trinajstić information content (AvgIpc) is 3.66. The fourth-order valence-corrected chi connectivity index (χ4v) is 11.5. The van der Waals surface area contributed by atoms with Crippen molar-refractivity contribution in [3.63, 3.8) is 0 Å². The Balaban J connectivity index is 1.08. The fraction of sp³-hybridized carbons (Fsp3) is 0.163. The van der Waals surface area contributed by atoms with Gasteiger partial charge in [-0.25, -0.2) is 16.8 Å². The predicted octanol–water partition coefficient (Wildman–Crippen LogP) is 9.91. The maximum atomic E-state index is 13.6. The van der Waals surface area contributed by atoms with Crippen LogP contribution in [0.5, 0.6) is 0 Å². The summed E-state index contributed by atoms with van der Waals surface area (Å²) in [6.45, 7) is 10.4. The standard InChI is InChI=1S/C43H35NO4S2/c1-25-10-15-33-35-19-14-29(24-41(35)50(47,48)39(33)20-25)43(4,5)27-12-17-31-30-16-11-26(21-36(30)44-37(31)22-27)42(2,3)28-13-18-34-32-8-6-7-9-38(32)49(45,46)40(34)23-28/h6-24,44H,1-5H3. The van der Waals surface area contributed by atoms with Crippen molar-refractivity contribution in [3.8, 4) is 22.3 Å². The van der Waals surface area contributed by atoms with Crippen molar-refractivity contribution in [1.82, 2.24) is 4.98 Å². The van der Waals surface area contributed by atoms with Crippen molar-refractivity contribution in [2.75, 3.05) is 0 Å². The Hall–Kier alpha value is -4.98. The molecular weight excluding hydrogens is 659 g/mol. The van der Waals surface area contributed by atoms with E-state index in [1.807, 2.05) is 61.5 Å². The molecule has 7 heteroatoms. The molecular formula is C43H35NO4S2. The smallest absolute Gasteiger partial charge is 0.207 e. The summed E-state index contributed by atoms with van der Waals surface area (Å²) in [6, 6.07) is 37.4. The molecule has 0 radical (unpaired) electrons. The summed E-state index contributed by atoms with van der Waals surface area (Å²) in [4.78, 5) is 5.15. The van der Waals surface area contributed by atoms with E-state index in [0.29, 0.717) is 19.6 Å². The molecule has 248 valence electrons. The molecule has 1 aromatic heterocycles. The number of hydrogen-bond donors (Lipinski definition) is 1. The maximum absolute atomic E-state index is 13.6. The van der Waals surface area contributed by atoms with Gasteiger partial charge in [-0.1, -0.05) is 107 Å². The van der Waals surface area contributed by atoms with Crippen molar-refractivity contribution >= 4 is 41.5 Å². The molecule has 0 unspecified atom stereocenters. The Morgan fingerprint density at radius 1 is 0.440 bits per heavy atom. The molecule has 2 aliphatic heterocycles. The molecule has 5 nitrogen and oxygen atoms in total. The van der Waals surface area contributed by atoms with Gasteiger partial charge >= 0.3 is 0 Å². The van der Waals surface area contributed by atoms with E-state index >= 15 is 0 Å². The van der Waals surface area contributed by atoms with Crippen LogP contribution in [0.1, 0.15) is 55.5 Å². The number of aromatic amines is 1. The largest absolute Gasteiger partial charge is 0.354 e. The van der Waals surface area contributed by atoms with Gasteiger partial charge in [-0.3, -0.25) is 0 Å². The molecule has 0 bridgehead atoms. The van der Waals surface area contributed by atoms with Crippen LogP contribution in [-0.4, -0.2) is 21.8 Å². The predicted molar refractivity (Wildman–Crippen MR) is 199 cm³/mol. The minimum Gasteiger partial charge on any atom is -0.354 e. The van der Waals surface area contributed by atoms with Crippen LogP contribution in [0.2, 0.25) is 0 Å². The lowest BCUT2D eigenvalue weighted by atomic mass is 9.77. The third-order valence-corrected chi connectivity index (χ3v) is 14.9. The lowest BCUT2D eigenvalue weighted by Gasteiger charge is -2.27. The Bertz CT molecular complexity index is 2860. The minimum atomic E-state index is -3.60. The lowest BCUT2D eigenvalue weighted by Crippen LogP contribution is -2.19.